The third-order valence-electron chi connectivity index (χ3n) is 3.97. The average molecular weight is 336 g/mol. The smallest absolute Gasteiger partial charge is 0.407 e. The van der Waals surface area contributed by atoms with Crippen molar-refractivity contribution in [3.05, 3.63) is 28.6 Å². The molecule has 132 valence electrons. The molecule has 0 aliphatic carbocycles. The highest BCUT2D eigenvalue weighted by Gasteiger charge is 2.33. The molecular weight excluding hydrogens is 312 g/mol. The Morgan fingerprint density at radius 1 is 1.50 bits per heavy atom. The van der Waals surface area contributed by atoms with Gasteiger partial charge in [0, 0.05) is 18.8 Å². The van der Waals surface area contributed by atoms with Crippen LogP contribution in [0.5, 0.6) is 0 Å². The van der Waals surface area contributed by atoms with Crippen LogP contribution in [0, 0.1) is 10.1 Å². The second-order valence-corrected chi connectivity index (χ2v) is 6.95. The van der Waals surface area contributed by atoms with Crippen LogP contribution < -0.4 is 10.2 Å². The zero-order valence-corrected chi connectivity index (χ0v) is 14.5. The van der Waals surface area contributed by atoms with Crippen LogP contribution in [0.1, 0.15) is 40.5 Å². The molecule has 1 amide bonds. The van der Waals surface area contributed by atoms with Gasteiger partial charge < -0.3 is 15.0 Å². The molecule has 8 heteroatoms. The van der Waals surface area contributed by atoms with Crippen LogP contribution in [0.4, 0.5) is 16.2 Å². The third-order valence-corrected chi connectivity index (χ3v) is 3.97. The third kappa shape index (κ3) is 4.33. The van der Waals surface area contributed by atoms with Gasteiger partial charge in [-0.15, -0.1) is 0 Å². The fourth-order valence-electron chi connectivity index (χ4n) is 2.90. The van der Waals surface area contributed by atoms with Crippen LogP contribution >= 0.6 is 0 Å². The molecule has 24 heavy (non-hydrogen) atoms. The highest BCUT2D eigenvalue weighted by atomic mass is 16.6. The van der Waals surface area contributed by atoms with E-state index >= 15 is 0 Å². The van der Waals surface area contributed by atoms with Gasteiger partial charge in [-0.05, 0) is 46.6 Å². The summed E-state index contributed by atoms with van der Waals surface area (Å²) in [5.41, 5.74) is -0.0635. The van der Waals surface area contributed by atoms with Crippen molar-refractivity contribution in [1.29, 1.82) is 0 Å². The minimum Gasteiger partial charge on any atom is -0.444 e. The number of pyridine rings is 1. The van der Waals surface area contributed by atoms with Gasteiger partial charge in [-0.25, -0.2) is 4.79 Å². The maximum Gasteiger partial charge on any atom is 0.407 e. The number of anilines is 1. The van der Waals surface area contributed by atoms with E-state index in [0.717, 1.165) is 12.8 Å². The van der Waals surface area contributed by atoms with E-state index in [1.54, 1.807) is 12.3 Å². The summed E-state index contributed by atoms with van der Waals surface area (Å²) in [5, 5.41) is 14.1. The number of nitrogens with zero attached hydrogens (tertiary/aromatic N) is 3. The number of rotatable bonds is 3. The molecule has 2 atom stereocenters. The minimum absolute atomic E-state index is 0.0257. The van der Waals surface area contributed by atoms with Crippen LogP contribution in [0.2, 0.25) is 0 Å². The predicted molar refractivity (Wildman–Crippen MR) is 90.1 cm³/mol. The SMILES string of the molecule is C[C@H]1[C@@H](NC(=O)OC(C)(C)C)CCCN1c1ccncc1[N+](=O)[O-]. The van der Waals surface area contributed by atoms with Gasteiger partial charge in [0.2, 0.25) is 0 Å². The first-order chi connectivity index (χ1) is 11.2. The monoisotopic (exact) mass is 336 g/mol. The largest absolute Gasteiger partial charge is 0.444 e. The quantitative estimate of drug-likeness (QED) is 0.673. The molecule has 1 saturated heterocycles. The number of piperidine rings is 1. The van der Waals surface area contributed by atoms with E-state index in [1.807, 2.05) is 32.6 Å². The first-order valence-corrected chi connectivity index (χ1v) is 8.03. The topological polar surface area (TPSA) is 97.6 Å². The standard InChI is InChI=1S/C16H24N4O4/c1-11-12(18-15(21)24-16(2,3)4)6-5-9-19(11)13-7-8-17-10-14(13)20(22)23/h7-8,10-12H,5-6,9H2,1-4H3,(H,18,21)/t11-,12-/m0/s1. The van der Waals surface area contributed by atoms with E-state index in [4.69, 9.17) is 4.74 Å². The molecule has 1 fully saturated rings. The van der Waals surface area contributed by atoms with Crippen molar-refractivity contribution < 1.29 is 14.5 Å². The second kappa shape index (κ2) is 7.02. The van der Waals surface area contributed by atoms with E-state index in [2.05, 4.69) is 10.3 Å². The van der Waals surface area contributed by atoms with E-state index in [1.165, 1.54) is 6.20 Å². The molecule has 0 unspecified atom stereocenters. The number of carbonyl (C=O) groups is 1. The second-order valence-electron chi connectivity index (χ2n) is 6.95. The van der Waals surface area contributed by atoms with Crippen LogP contribution in [-0.4, -0.2) is 40.2 Å². The van der Waals surface area contributed by atoms with Crippen LogP contribution in [0.15, 0.2) is 18.5 Å². The number of nitrogens with one attached hydrogen (secondary N) is 1. The lowest BCUT2D eigenvalue weighted by Crippen LogP contribution is -2.55. The summed E-state index contributed by atoms with van der Waals surface area (Å²) in [4.78, 5) is 28.6. The first kappa shape index (κ1) is 18.0. The number of hydrogen-bond acceptors (Lipinski definition) is 6. The lowest BCUT2D eigenvalue weighted by molar-refractivity contribution is -0.384. The van der Waals surface area contributed by atoms with Crippen molar-refractivity contribution in [3.8, 4) is 0 Å². The summed E-state index contributed by atoms with van der Waals surface area (Å²) in [6.45, 7) is 8.07. The maximum absolute atomic E-state index is 12.0. The van der Waals surface area contributed by atoms with Gasteiger partial charge in [0.15, 0.2) is 0 Å². The predicted octanol–water partition coefficient (Wildman–Crippen LogP) is 2.87. The van der Waals surface area contributed by atoms with Crippen LogP contribution in [0.25, 0.3) is 0 Å². The zero-order chi connectivity index (χ0) is 17.9. The molecule has 0 spiro atoms. The van der Waals surface area contributed by atoms with Crippen molar-refractivity contribution in [2.45, 2.75) is 58.2 Å². The molecule has 1 aromatic heterocycles. The molecule has 2 rings (SSSR count). The maximum atomic E-state index is 12.0. The van der Waals surface area contributed by atoms with Crippen molar-refractivity contribution in [2.24, 2.45) is 0 Å². The summed E-state index contributed by atoms with van der Waals surface area (Å²) in [7, 11) is 0. The Bertz CT molecular complexity index is 614. The van der Waals surface area contributed by atoms with E-state index in [0.29, 0.717) is 12.2 Å². The Morgan fingerprint density at radius 2 is 2.21 bits per heavy atom. The van der Waals surface area contributed by atoms with E-state index < -0.39 is 16.6 Å². The molecule has 0 radical (unpaired) electrons. The van der Waals surface area contributed by atoms with Crippen molar-refractivity contribution in [3.63, 3.8) is 0 Å². The number of amides is 1. The Morgan fingerprint density at radius 3 is 2.83 bits per heavy atom. The molecule has 1 aromatic rings. The molecule has 1 aliphatic rings. The summed E-state index contributed by atoms with van der Waals surface area (Å²) in [5.74, 6) is 0. The van der Waals surface area contributed by atoms with Gasteiger partial charge in [-0.1, -0.05) is 0 Å². The Balaban J connectivity index is 2.14. The Hall–Kier alpha value is -2.38. The fraction of sp³-hybridized carbons (Fsp3) is 0.625. The molecule has 0 saturated carbocycles. The molecular formula is C16H24N4O4. The van der Waals surface area contributed by atoms with Gasteiger partial charge in [0.1, 0.15) is 17.5 Å². The lowest BCUT2D eigenvalue weighted by Gasteiger charge is -2.40. The van der Waals surface area contributed by atoms with Crippen molar-refractivity contribution in [1.82, 2.24) is 10.3 Å². The van der Waals surface area contributed by atoms with Crippen molar-refractivity contribution in [2.75, 3.05) is 11.4 Å². The number of alkyl carbamates (subject to hydrolysis) is 1. The normalized spacial score (nSPS) is 21.2. The number of carbonyl (C=O) groups excluding carboxylic acids is 1. The lowest BCUT2D eigenvalue weighted by atomic mass is 9.96. The number of aromatic nitrogens is 1. The first-order valence-electron chi connectivity index (χ1n) is 8.03. The van der Waals surface area contributed by atoms with Gasteiger partial charge >= 0.3 is 11.8 Å². The molecule has 0 bridgehead atoms. The van der Waals surface area contributed by atoms with Gasteiger partial charge in [-0.2, -0.15) is 0 Å². The number of nitro groups is 1. The van der Waals surface area contributed by atoms with Crippen molar-refractivity contribution >= 4 is 17.5 Å². The highest BCUT2D eigenvalue weighted by molar-refractivity contribution is 5.69. The minimum atomic E-state index is -0.564. The summed E-state index contributed by atoms with van der Waals surface area (Å²) in [6, 6.07) is 1.42. The molecule has 2 heterocycles. The molecule has 1 aliphatic heterocycles. The van der Waals surface area contributed by atoms with Crippen LogP contribution in [0.3, 0.4) is 0 Å². The number of ether oxygens (including phenoxy) is 1. The molecule has 8 nitrogen and oxygen atoms in total. The molecule has 1 N–H and O–H groups in total. The van der Waals surface area contributed by atoms with E-state index in [9.17, 15) is 14.9 Å². The number of hydrogen-bond donors (Lipinski definition) is 1. The summed E-state index contributed by atoms with van der Waals surface area (Å²) < 4.78 is 5.30. The van der Waals surface area contributed by atoms with Gasteiger partial charge in [0.05, 0.1) is 11.0 Å². The van der Waals surface area contributed by atoms with Crippen LogP contribution in [-0.2, 0) is 4.74 Å². The van der Waals surface area contributed by atoms with Gasteiger partial charge in [-0.3, -0.25) is 15.1 Å². The fourth-order valence-corrected chi connectivity index (χ4v) is 2.90. The van der Waals surface area contributed by atoms with Gasteiger partial charge in [0.25, 0.3) is 0 Å². The van der Waals surface area contributed by atoms with E-state index in [-0.39, 0.29) is 17.8 Å². The summed E-state index contributed by atoms with van der Waals surface area (Å²) in [6.07, 6.45) is 3.96. The summed E-state index contributed by atoms with van der Waals surface area (Å²) >= 11 is 0. The Kier molecular flexibility index (Phi) is 5.26. The Labute approximate surface area is 141 Å². The zero-order valence-electron chi connectivity index (χ0n) is 14.5. The highest BCUT2D eigenvalue weighted by Crippen LogP contribution is 2.32. The molecule has 0 aromatic carbocycles. The average Bonchev–Trinajstić information content (AvgIpc) is 2.47.